The van der Waals surface area contributed by atoms with E-state index in [-0.39, 0.29) is 5.91 Å². The van der Waals surface area contributed by atoms with E-state index in [9.17, 15) is 4.79 Å². The van der Waals surface area contributed by atoms with Crippen molar-refractivity contribution in [3.05, 3.63) is 29.8 Å². The van der Waals surface area contributed by atoms with E-state index in [4.69, 9.17) is 0 Å². The lowest BCUT2D eigenvalue weighted by Gasteiger charge is -2.14. The number of amides is 1. The summed E-state index contributed by atoms with van der Waals surface area (Å²) in [6.45, 7) is 7.42. The summed E-state index contributed by atoms with van der Waals surface area (Å²) in [5.74, 6) is 0.503. The molecule has 2 N–H and O–H groups in total. The molecule has 94 valence electrons. The van der Waals surface area contributed by atoms with E-state index in [1.807, 2.05) is 25.1 Å². The highest BCUT2D eigenvalue weighted by molar-refractivity contribution is 5.80. The minimum Gasteiger partial charge on any atom is -0.376 e. The van der Waals surface area contributed by atoms with Crippen LogP contribution in [0.4, 0.5) is 5.69 Å². The molecule has 3 heteroatoms. The van der Waals surface area contributed by atoms with Gasteiger partial charge < -0.3 is 10.6 Å². The molecule has 0 heterocycles. The van der Waals surface area contributed by atoms with Gasteiger partial charge in [-0.2, -0.15) is 0 Å². The first-order chi connectivity index (χ1) is 8.15. The Bertz CT molecular complexity index is 361. The van der Waals surface area contributed by atoms with Crippen molar-refractivity contribution in [1.29, 1.82) is 0 Å². The Kier molecular flexibility index (Phi) is 5.53. The maximum Gasteiger partial charge on any atom is 0.239 e. The highest BCUT2D eigenvalue weighted by atomic mass is 16.1. The second kappa shape index (κ2) is 6.94. The fourth-order valence-corrected chi connectivity index (χ4v) is 1.66. The summed E-state index contributed by atoms with van der Waals surface area (Å²) in [5, 5.41) is 6.04. The number of rotatable bonds is 6. The molecule has 0 saturated heterocycles. The van der Waals surface area contributed by atoms with Gasteiger partial charge in [-0.25, -0.2) is 0 Å². The van der Waals surface area contributed by atoms with Crippen molar-refractivity contribution in [3.8, 4) is 0 Å². The number of anilines is 1. The van der Waals surface area contributed by atoms with Crippen LogP contribution in [0.2, 0.25) is 0 Å². The van der Waals surface area contributed by atoms with E-state index in [1.54, 1.807) is 0 Å². The van der Waals surface area contributed by atoms with Gasteiger partial charge in [-0.3, -0.25) is 4.79 Å². The second-order valence-electron chi connectivity index (χ2n) is 4.45. The van der Waals surface area contributed by atoms with Crippen LogP contribution in [0.15, 0.2) is 24.3 Å². The van der Waals surface area contributed by atoms with E-state index in [0.717, 1.165) is 18.7 Å². The molecule has 17 heavy (non-hydrogen) atoms. The number of nitrogens with one attached hydrogen (secondary N) is 2. The first-order valence-electron chi connectivity index (χ1n) is 6.24. The molecule has 0 aliphatic rings. The number of carbonyl (C=O) groups is 1. The van der Waals surface area contributed by atoms with Crippen LogP contribution in [0, 0.1) is 0 Å². The first-order valence-corrected chi connectivity index (χ1v) is 6.24. The molecule has 0 spiro atoms. The molecule has 1 aromatic carbocycles. The van der Waals surface area contributed by atoms with Crippen LogP contribution in [0.25, 0.3) is 0 Å². The topological polar surface area (TPSA) is 41.1 Å². The summed E-state index contributed by atoms with van der Waals surface area (Å²) in [6.07, 6.45) is 0.967. The van der Waals surface area contributed by atoms with E-state index < -0.39 is 0 Å². The van der Waals surface area contributed by atoms with Crippen molar-refractivity contribution in [3.63, 3.8) is 0 Å². The zero-order valence-electron chi connectivity index (χ0n) is 10.9. The predicted molar refractivity (Wildman–Crippen MR) is 72.3 cm³/mol. The van der Waals surface area contributed by atoms with Gasteiger partial charge in [-0.15, -0.1) is 0 Å². The van der Waals surface area contributed by atoms with Crippen LogP contribution in [0.5, 0.6) is 0 Å². The summed E-state index contributed by atoms with van der Waals surface area (Å²) in [4.78, 5) is 11.5. The third kappa shape index (κ3) is 4.47. The summed E-state index contributed by atoms with van der Waals surface area (Å²) in [6, 6.07) is 8.12. The lowest BCUT2D eigenvalue weighted by molar-refractivity contribution is -0.119. The molecular weight excluding hydrogens is 212 g/mol. The third-order valence-corrected chi connectivity index (χ3v) is 2.59. The van der Waals surface area contributed by atoms with Crippen molar-refractivity contribution >= 4 is 11.6 Å². The molecular formula is C14H22N2O. The Labute approximate surface area is 104 Å². The average molecular weight is 234 g/mol. The molecule has 0 aliphatic heterocycles. The highest BCUT2D eigenvalue weighted by Gasteiger charge is 2.06. The monoisotopic (exact) mass is 234 g/mol. The number of hydrogen-bond acceptors (Lipinski definition) is 2. The molecule has 1 rings (SSSR count). The average Bonchev–Trinajstić information content (AvgIpc) is 2.34. The smallest absolute Gasteiger partial charge is 0.239 e. The molecule has 0 aliphatic carbocycles. The van der Waals surface area contributed by atoms with Gasteiger partial charge in [0.2, 0.25) is 5.91 Å². The van der Waals surface area contributed by atoms with E-state index in [2.05, 4.69) is 30.5 Å². The molecule has 0 atom stereocenters. The fraction of sp³-hybridized carbons (Fsp3) is 0.500. The van der Waals surface area contributed by atoms with Crippen molar-refractivity contribution in [2.24, 2.45) is 0 Å². The zero-order valence-corrected chi connectivity index (χ0v) is 10.9. The normalized spacial score (nSPS) is 10.4. The Morgan fingerprint density at radius 3 is 2.65 bits per heavy atom. The molecule has 0 radical (unpaired) electrons. The van der Waals surface area contributed by atoms with Gasteiger partial charge in [0.25, 0.3) is 0 Å². The van der Waals surface area contributed by atoms with Gasteiger partial charge in [0.15, 0.2) is 0 Å². The van der Waals surface area contributed by atoms with E-state index in [0.29, 0.717) is 12.5 Å². The van der Waals surface area contributed by atoms with Crippen LogP contribution in [0.1, 0.15) is 38.7 Å². The van der Waals surface area contributed by atoms with E-state index >= 15 is 0 Å². The highest BCUT2D eigenvalue weighted by Crippen LogP contribution is 2.23. The minimum atomic E-state index is 0.0467. The third-order valence-electron chi connectivity index (χ3n) is 2.59. The Morgan fingerprint density at radius 1 is 1.29 bits per heavy atom. The largest absolute Gasteiger partial charge is 0.376 e. The zero-order chi connectivity index (χ0) is 12.7. The second-order valence-corrected chi connectivity index (χ2v) is 4.45. The summed E-state index contributed by atoms with van der Waals surface area (Å²) in [5.41, 5.74) is 2.30. The van der Waals surface area contributed by atoms with Crippen LogP contribution in [-0.2, 0) is 4.79 Å². The number of para-hydroxylation sites is 1. The van der Waals surface area contributed by atoms with Gasteiger partial charge in [-0.1, -0.05) is 39.0 Å². The summed E-state index contributed by atoms with van der Waals surface area (Å²) >= 11 is 0. The maximum absolute atomic E-state index is 11.5. The van der Waals surface area contributed by atoms with Crippen LogP contribution in [-0.4, -0.2) is 19.0 Å². The Balaban J connectivity index is 2.54. The number of benzene rings is 1. The lowest BCUT2D eigenvalue weighted by Crippen LogP contribution is -2.30. The Morgan fingerprint density at radius 2 is 2.00 bits per heavy atom. The van der Waals surface area contributed by atoms with Crippen molar-refractivity contribution in [2.45, 2.75) is 33.1 Å². The van der Waals surface area contributed by atoms with Crippen LogP contribution >= 0.6 is 0 Å². The maximum atomic E-state index is 11.5. The molecule has 3 nitrogen and oxygen atoms in total. The fourth-order valence-electron chi connectivity index (χ4n) is 1.66. The van der Waals surface area contributed by atoms with Gasteiger partial charge in [0.05, 0.1) is 6.54 Å². The van der Waals surface area contributed by atoms with E-state index in [1.165, 1.54) is 5.56 Å². The molecule has 0 aromatic heterocycles. The molecule has 0 fully saturated rings. The molecule has 0 bridgehead atoms. The number of hydrogen-bond donors (Lipinski definition) is 2. The quantitative estimate of drug-likeness (QED) is 0.794. The summed E-state index contributed by atoms with van der Waals surface area (Å²) < 4.78 is 0. The number of carbonyl (C=O) groups excluding carboxylic acids is 1. The Hall–Kier alpha value is -1.51. The van der Waals surface area contributed by atoms with Gasteiger partial charge >= 0.3 is 0 Å². The minimum absolute atomic E-state index is 0.0467. The van der Waals surface area contributed by atoms with Crippen molar-refractivity contribution < 1.29 is 4.79 Å². The predicted octanol–water partition coefficient (Wildman–Crippen LogP) is 2.75. The van der Waals surface area contributed by atoms with Crippen molar-refractivity contribution in [1.82, 2.24) is 5.32 Å². The van der Waals surface area contributed by atoms with Crippen LogP contribution < -0.4 is 10.6 Å². The van der Waals surface area contributed by atoms with Gasteiger partial charge in [-0.05, 0) is 24.0 Å². The summed E-state index contributed by atoms with van der Waals surface area (Å²) in [7, 11) is 0. The molecule has 1 aromatic rings. The molecule has 0 saturated carbocycles. The first kappa shape index (κ1) is 13.6. The molecule has 1 amide bonds. The standard InChI is InChI=1S/C14H22N2O/c1-4-9-15-14(17)10-16-13-8-6-5-7-12(13)11(2)3/h5-8,11,16H,4,9-10H2,1-3H3,(H,15,17). The van der Waals surface area contributed by atoms with Crippen LogP contribution in [0.3, 0.4) is 0 Å². The SMILES string of the molecule is CCCNC(=O)CNc1ccccc1C(C)C. The van der Waals surface area contributed by atoms with Gasteiger partial charge in [0, 0.05) is 12.2 Å². The molecule has 0 unspecified atom stereocenters. The van der Waals surface area contributed by atoms with Crippen molar-refractivity contribution in [2.75, 3.05) is 18.4 Å². The van der Waals surface area contributed by atoms with Gasteiger partial charge in [0.1, 0.15) is 0 Å². The lowest BCUT2D eigenvalue weighted by atomic mass is 10.0.